The SMILES string of the molecule is Cl.NCc1ccc2c(c1)NC(=O)CO2.O=C(O)c1nc2cc(Cl)ccc2c(=O)[nH]1. The van der Waals surface area contributed by atoms with Crippen LogP contribution in [-0.4, -0.2) is 33.6 Å². The number of H-pyrrole nitrogens is 1. The molecule has 1 aliphatic heterocycles. The van der Waals surface area contributed by atoms with Crippen molar-refractivity contribution in [1.29, 1.82) is 0 Å². The van der Waals surface area contributed by atoms with Crippen molar-refractivity contribution < 1.29 is 19.4 Å². The van der Waals surface area contributed by atoms with Crippen LogP contribution in [0, 0.1) is 0 Å². The van der Waals surface area contributed by atoms with Gasteiger partial charge in [0.25, 0.3) is 11.5 Å². The minimum atomic E-state index is -1.28. The average Bonchev–Trinajstić information content (AvgIpc) is 2.67. The van der Waals surface area contributed by atoms with E-state index in [0.717, 1.165) is 5.56 Å². The number of nitrogens with one attached hydrogen (secondary N) is 2. The number of carboxylic acid groups (broad SMARTS) is 1. The van der Waals surface area contributed by atoms with Crippen molar-refractivity contribution in [2.75, 3.05) is 11.9 Å². The predicted octanol–water partition coefficient (Wildman–Crippen LogP) is 2.17. The number of aromatic carboxylic acids is 1. The van der Waals surface area contributed by atoms with Crippen LogP contribution < -0.4 is 21.3 Å². The molecule has 0 saturated carbocycles. The number of aromatic nitrogens is 2. The van der Waals surface area contributed by atoms with Crippen LogP contribution in [0.4, 0.5) is 5.69 Å². The summed E-state index contributed by atoms with van der Waals surface area (Å²) in [6, 6.07) is 10.0. The van der Waals surface area contributed by atoms with E-state index in [-0.39, 0.29) is 30.4 Å². The second kappa shape index (κ2) is 9.37. The lowest BCUT2D eigenvalue weighted by molar-refractivity contribution is -0.118. The van der Waals surface area contributed by atoms with Gasteiger partial charge in [0.05, 0.1) is 16.6 Å². The van der Waals surface area contributed by atoms with E-state index < -0.39 is 17.4 Å². The normalized spacial score (nSPS) is 11.9. The van der Waals surface area contributed by atoms with E-state index in [1.165, 1.54) is 12.1 Å². The summed E-state index contributed by atoms with van der Waals surface area (Å²) in [6.07, 6.45) is 0. The first-order valence-electron chi connectivity index (χ1n) is 8.06. The molecule has 0 atom stereocenters. The van der Waals surface area contributed by atoms with Gasteiger partial charge in [-0.2, -0.15) is 0 Å². The topological polar surface area (TPSA) is 147 Å². The number of nitrogens with zero attached hydrogens (tertiary/aromatic N) is 1. The highest BCUT2D eigenvalue weighted by Crippen LogP contribution is 2.28. The molecule has 152 valence electrons. The Labute approximate surface area is 175 Å². The number of aromatic amines is 1. The highest BCUT2D eigenvalue weighted by Gasteiger charge is 2.15. The third-order valence-electron chi connectivity index (χ3n) is 3.78. The second-order valence-electron chi connectivity index (χ2n) is 5.75. The Kier molecular flexibility index (Phi) is 7.16. The van der Waals surface area contributed by atoms with E-state index in [4.69, 9.17) is 27.2 Å². The molecule has 0 bridgehead atoms. The standard InChI is InChI=1S/C9H5ClN2O3.C9H10N2O2.ClH/c10-4-1-2-5-6(3-4)11-7(9(14)15)12-8(5)13;10-4-6-1-2-8-7(3-6)11-9(12)5-13-8;/h1-3H,(H,14,15)(H,11,12,13);1-3H,4-5,10H2,(H,11,12);1H. The van der Waals surface area contributed by atoms with Gasteiger partial charge in [0, 0.05) is 11.6 Å². The number of carboxylic acids is 1. The highest BCUT2D eigenvalue weighted by atomic mass is 35.5. The lowest BCUT2D eigenvalue weighted by Gasteiger charge is -2.18. The monoisotopic (exact) mass is 438 g/mol. The summed E-state index contributed by atoms with van der Waals surface area (Å²) >= 11 is 5.70. The second-order valence-corrected chi connectivity index (χ2v) is 6.19. The molecule has 1 amide bonds. The molecule has 0 unspecified atom stereocenters. The van der Waals surface area contributed by atoms with E-state index in [1.54, 1.807) is 6.07 Å². The summed E-state index contributed by atoms with van der Waals surface area (Å²) in [7, 11) is 0. The van der Waals surface area contributed by atoms with E-state index in [0.29, 0.717) is 28.4 Å². The minimum Gasteiger partial charge on any atom is -0.482 e. The fourth-order valence-corrected chi connectivity index (χ4v) is 2.64. The zero-order valence-corrected chi connectivity index (χ0v) is 16.3. The number of nitrogens with two attached hydrogens (primary N) is 1. The maximum Gasteiger partial charge on any atom is 0.372 e. The molecule has 0 fully saturated rings. The highest BCUT2D eigenvalue weighted by molar-refractivity contribution is 6.31. The number of rotatable bonds is 2. The molecule has 2 aromatic carbocycles. The van der Waals surface area contributed by atoms with Crippen LogP contribution in [-0.2, 0) is 11.3 Å². The Morgan fingerprint density at radius 2 is 2.00 bits per heavy atom. The number of carbonyl (C=O) groups is 2. The third kappa shape index (κ3) is 5.23. The number of ether oxygens (including phenoxy) is 1. The minimum absolute atomic E-state index is 0. The number of anilines is 1. The molecule has 3 aromatic rings. The fraction of sp³-hybridized carbons (Fsp3) is 0.111. The van der Waals surface area contributed by atoms with Crippen molar-refractivity contribution >= 4 is 52.5 Å². The number of hydrogen-bond donors (Lipinski definition) is 4. The molecule has 1 aromatic heterocycles. The zero-order chi connectivity index (χ0) is 20.3. The molecular formula is C18H16Cl2N4O5. The molecule has 0 radical (unpaired) electrons. The van der Waals surface area contributed by atoms with Crippen LogP contribution in [0.2, 0.25) is 5.02 Å². The largest absolute Gasteiger partial charge is 0.482 e. The Morgan fingerprint density at radius 1 is 1.24 bits per heavy atom. The lowest BCUT2D eigenvalue weighted by Crippen LogP contribution is -2.25. The molecular weight excluding hydrogens is 423 g/mol. The van der Waals surface area contributed by atoms with Gasteiger partial charge in [0.2, 0.25) is 5.82 Å². The van der Waals surface area contributed by atoms with Crippen LogP contribution in [0.25, 0.3) is 10.9 Å². The average molecular weight is 439 g/mol. The summed E-state index contributed by atoms with van der Waals surface area (Å²) in [4.78, 5) is 38.9. The van der Waals surface area contributed by atoms with E-state index in [2.05, 4.69) is 15.3 Å². The Hall–Kier alpha value is -3.14. The van der Waals surface area contributed by atoms with Crippen molar-refractivity contribution in [3.05, 3.63) is 63.2 Å². The van der Waals surface area contributed by atoms with Gasteiger partial charge >= 0.3 is 5.97 Å². The molecule has 29 heavy (non-hydrogen) atoms. The van der Waals surface area contributed by atoms with Crippen LogP contribution in [0.15, 0.2) is 41.2 Å². The fourth-order valence-electron chi connectivity index (χ4n) is 2.47. The molecule has 2 heterocycles. The van der Waals surface area contributed by atoms with Gasteiger partial charge in [0.15, 0.2) is 6.61 Å². The predicted molar refractivity (Wildman–Crippen MR) is 110 cm³/mol. The van der Waals surface area contributed by atoms with Gasteiger partial charge in [0.1, 0.15) is 5.75 Å². The quantitative estimate of drug-likeness (QED) is 0.478. The van der Waals surface area contributed by atoms with Crippen LogP contribution in [0.1, 0.15) is 16.2 Å². The number of halogens is 2. The van der Waals surface area contributed by atoms with E-state index in [1.807, 2.05) is 18.2 Å². The van der Waals surface area contributed by atoms with E-state index in [9.17, 15) is 14.4 Å². The number of hydrogen-bond acceptors (Lipinski definition) is 6. The van der Waals surface area contributed by atoms with Gasteiger partial charge in [-0.3, -0.25) is 9.59 Å². The molecule has 4 rings (SSSR count). The Morgan fingerprint density at radius 3 is 2.69 bits per heavy atom. The number of benzene rings is 2. The number of carbonyl (C=O) groups excluding carboxylic acids is 1. The van der Waals surface area contributed by atoms with Crippen LogP contribution in [0.5, 0.6) is 5.75 Å². The summed E-state index contributed by atoms with van der Waals surface area (Å²) in [5.41, 5.74) is 6.92. The molecule has 5 N–H and O–H groups in total. The lowest BCUT2D eigenvalue weighted by atomic mass is 10.1. The van der Waals surface area contributed by atoms with Crippen molar-refractivity contribution in [2.45, 2.75) is 6.54 Å². The van der Waals surface area contributed by atoms with Crippen molar-refractivity contribution in [1.82, 2.24) is 9.97 Å². The molecule has 11 heteroatoms. The molecule has 0 spiro atoms. The maximum atomic E-state index is 11.4. The summed E-state index contributed by atoms with van der Waals surface area (Å²) in [6.45, 7) is 0.554. The number of amides is 1. The van der Waals surface area contributed by atoms with Gasteiger partial charge in [-0.25, -0.2) is 9.78 Å². The molecule has 0 aliphatic carbocycles. The van der Waals surface area contributed by atoms with Crippen molar-refractivity contribution in [3.8, 4) is 5.75 Å². The van der Waals surface area contributed by atoms with Crippen molar-refractivity contribution in [2.24, 2.45) is 5.73 Å². The third-order valence-corrected chi connectivity index (χ3v) is 4.02. The summed E-state index contributed by atoms with van der Waals surface area (Å²) in [5, 5.41) is 12.1. The van der Waals surface area contributed by atoms with Crippen molar-refractivity contribution in [3.63, 3.8) is 0 Å². The van der Waals surface area contributed by atoms with Gasteiger partial charge in [-0.15, -0.1) is 12.4 Å². The van der Waals surface area contributed by atoms with Gasteiger partial charge in [-0.05, 0) is 35.9 Å². The van der Waals surface area contributed by atoms with E-state index >= 15 is 0 Å². The maximum absolute atomic E-state index is 11.4. The number of fused-ring (bicyclic) bond motifs is 2. The van der Waals surface area contributed by atoms with Gasteiger partial charge in [-0.1, -0.05) is 17.7 Å². The first kappa shape index (κ1) is 22.2. The van der Waals surface area contributed by atoms with Crippen LogP contribution >= 0.6 is 24.0 Å². The molecule has 0 saturated heterocycles. The summed E-state index contributed by atoms with van der Waals surface area (Å²) < 4.78 is 5.18. The first-order chi connectivity index (χ1) is 13.4. The zero-order valence-electron chi connectivity index (χ0n) is 14.8. The smallest absolute Gasteiger partial charge is 0.372 e. The summed E-state index contributed by atoms with van der Waals surface area (Å²) in [5.74, 6) is -1.10. The Bertz CT molecular complexity index is 1130. The molecule has 1 aliphatic rings. The Balaban J connectivity index is 0.000000202. The molecule has 9 nitrogen and oxygen atoms in total. The van der Waals surface area contributed by atoms with Crippen LogP contribution in [0.3, 0.4) is 0 Å². The first-order valence-corrected chi connectivity index (χ1v) is 8.43. The van der Waals surface area contributed by atoms with Gasteiger partial charge < -0.3 is 25.9 Å².